The van der Waals surface area contributed by atoms with Crippen molar-refractivity contribution in [1.82, 2.24) is 4.72 Å². The fourth-order valence-corrected chi connectivity index (χ4v) is 3.65. The van der Waals surface area contributed by atoms with Crippen LogP contribution in [0.5, 0.6) is 0 Å². The van der Waals surface area contributed by atoms with Crippen molar-refractivity contribution in [3.8, 4) is 12.3 Å². The fourth-order valence-electron chi connectivity index (χ4n) is 1.53. The molecule has 20 heavy (non-hydrogen) atoms. The number of benzene rings is 1. The monoisotopic (exact) mass is 359 g/mol. The summed E-state index contributed by atoms with van der Waals surface area (Å²) in [7, 11) is -3.78. The van der Waals surface area contributed by atoms with Gasteiger partial charge in [0.2, 0.25) is 10.0 Å². The Bertz CT molecular complexity index is 662. The number of rotatable bonds is 6. The van der Waals surface area contributed by atoms with Crippen LogP contribution in [0.1, 0.15) is 28.8 Å². The van der Waals surface area contributed by atoms with Crippen molar-refractivity contribution in [2.24, 2.45) is 0 Å². The SMILES string of the molecule is C#CCCCNS(=O)(=O)c1cc(C(=O)O)cc(C)c1Br. The van der Waals surface area contributed by atoms with Crippen LogP contribution in [0.3, 0.4) is 0 Å². The molecule has 0 radical (unpaired) electrons. The van der Waals surface area contributed by atoms with Crippen molar-refractivity contribution in [1.29, 1.82) is 0 Å². The van der Waals surface area contributed by atoms with Gasteiger partial charge in [-0.3, -0.25) is 0 Å². The van der Waals surface area contributed by atoms with Crippen LogP contribution in [0.4, 0.5) is 0 Å². The van der Waals surface area contributed by atoms with E-state index in [-0.39, 0.29) is 17.0 Å². The quantitative estimate of drug-likeness (QED) is 0.602. The van der Waals surface area contributed by atoms with Crippen molar-refractivity contribution in [2.75, 3.05) is 6.54 Å². The number of aryl methyl sites for hydroxylation is 1. The number of hydrogen-bond acceptors (Lipinski definition) is 3. The highest BCUT2D eigenvalue weighted by atomic mass is 79.9. The smallest absolute Gasteiger partial charge is 0.335 e. The minimum Gasteiger partial charge on any atom is -0.478 e. The third-order valence-corrected chi connectivity index (χ3v) is 5.35. The highest BCUT2D eigenvalue weighted by Crippen LogP contribution is 2.27. The van der Waals surface area contributed by atoms with Crippen molar-refractivity contribution in [2.45, 2.75) is 24.7 Å². The van der Waals surface area contributed by atoms with Crippen LogP contribution in [0.2, 0.25) is 0 Å². The van der Waals surface area contributed by atoms with E-state index in [9.17, 15) is 13.2 Å². The van der Waals surface area contributed by atoms with E-state index in [0.29, 0.717) is 22.9 Å². The summed E-state index contributed by atoms with van der Waals surface area (Å²) in [5.41, 5.74) is 0.462. The summed E-state index contributed by atoms with van der Waals surface area (Å²) in [6.07, 6.45) is 6.08. The summed E-state index contributed by atoms with van der Waals surface area (Å²) in [5.74, 6) is 1.24. The number of sulfonamides is 1. The Labute approximate surface area is 126 Å². The van der Waals surface area contributed by atoms with Crippen molar-refractivity contribution in [3.63, 3.8) is 0 Å². The van der Waals surface area contributed by atoms with Gasteiger partial charge in [0.05, 0.1) is 10.5 Å². The first-order valence-electron chi connectivity index (χ1n) is 5.76. The summed E-state index contributed by atoms with van der Waals surface area (Å²) >= 11 is 3.18. The minimum absolute atomic E-state index is 0.0744. The second-order valence-electron chi connectivity index (χ2n) is 4.12. The molecule has 0 saturated heterocycles. The number of carboxylic acid groups (broad SMARTS) is 1. The summed E-state index contributed by atoms with van der Waals surface area (Å²) in [4.78, 5) is 10.9. The lowest BCUT2D eigenvalue weighted by molar-refractivity contribution is 0.0696. The summed E-state index contributed by atoms with van der Waals surface area (Å²) in [5, 5.41) is 8.98. The molecule has 0 amide bonds. The number of halogens is 1. The second-order valence-corrected chi connectivity index (χ2v) is 6.64. The lowest BCUT2D eigenvalue weighted by Gasteiger charge is -2.11. The molecule has 5 nitrogen and oxygen atoms in total. The van der Waals surface area contributed by atoms with Gasteiger partial charge >= 0.3 is 5.97 Å². The number of terminal acetylenes is 1. The van der Waals surface area contributed by atoms with Gasteiger partial charge in [-0.2, -0.15) is 0 Å². The lowest BCUT2D eigenvalue weighted by atomic mass is 10.1. The number of carboxylic acids is 1. The van der Waals surface area contributed by atoms with Gasteiger partial charge in [-0.25, -0.2) is 17.9 Å². The molecule has 0 aliphatic rings. The van der Waals surface area contributed by atoms with Gasteiger partial charge in [0.25, 0.3) is 0 Å². The molecule has 0 bridgehead atoms. The summed E-state index contributed by atoms with van der Waals surface area (Å²) in [6.45, 7) is 1.84. The maximum atomic E-state index is 12.2. The van der Waals surface area contributed by atoms with Gasteiger partial charge < -0.3 is 5.11 Å². The first-order valence-corrected chi connectivity index (χ1v) is 8.03. The molecule has 0 heterocycles. The van der Waals surface area contributed by atoms with E-state index in [1.165, 1.54) is 6.07 Å². The highest BCUT2D eigenvalue weighted by Gasteiger charge is 2.21. The zero-order valence-corrected chi connectivity index (χ0v) is 13.2. The average Bonchev–Trinajstić information content (AvgIpc) is 2.37. The maximum absolute atomic E-state index is 12.2. The van der Waals surface area contributed by atoms with E-state index < -0.39 is 16.0 Å². The number of aromatic carboxylic acids is 1. The molecule has 0 atom stereocenters. The summed E-state index contributed by atoms with van der Waals surface area (Å²) in [6, 6.07) is 2.53. The van der Waals surface area contributed by atoms with Crippen LogP contribution in [-0.2, 0) is 10.0 Å². The second kappa shape index (κ2) is 6.88. The van der Waals surface area contributed by atoms with E-state index in [4.69, 9.17) is 11.5 Å². The molecule has 0 saturated carbocycles. The van der Waals surface area contributed by atoms with Gasteiger partial charge in [-0.15, -0.1) is 12.3 Å². The molecular formula is C13H14BrNO4S. The topological polar surface area (TPSA) is 83.5 Å². The van der Waals surface area contributed by atoms with Crippen LogP contribution in [-0.4, -0.2) is 26.0 Å². The molecule has 1 aromatic rings. The molecule has 0 aliphatic heterocycles. The summed E-state index contributed by atoms with van der Waals surface area (Å²) < 4.78 is 27.1. The lowest BCUT2D eigenvalue weighted by Crippen LogP contribution is -2.25. The van der Waals surface area contributed by atoms with Gasteiger partial charge in [0, 0.05) is 17.4 Å². The third kappa shape index (κ3) is 4.07. The van der Waals surface area contributed by atoms with Crippen LogP contribution in [0.25, 0.3) is 0 Å². The Kier molecular flexibility index (Phi) is 5.74. The van der Waals surface area contributed by atoms with E-state index in [1.54, 1.807) is 6.92 Å². The molecule has 0 aliphatic carbocycles. The van der Waals surface area contributed by atoms with Crippen LogP contribution < -0.4 is 4.72 Å². The minimum atomic E-state index is -3.78. The Morgan fingerprint density at radius 1 is 1.50 bits per heavy atom. The standard InChI is InChI=1S/C13H14BrNO4S/c1-3-4-5-6-15-20(18,19)11-8-10(13(16)17)7-9(2)12(11)14/h1,7-8,15H,4-6H2,2H3,(H,16,17). The Balaban J connectivity index is 3.11. The molecule has 0 unspecified atom stereocenters. The zero-order chi connectivity index (χ0) is 15.3. The molecular weight excluding hydrogens is 346 g/mol. The van der Waals surface area contributed by atoms with E-state index >= 15 is 0 Å². The van der Waals surface area contributed by atoms with E-state index in [2.05, 4.69) is 26.6 Å². The van der Waals surface area contributed by atoms with Gasteiger partial charge in [0.15, 0.2) is 0 Å². The molecule has 108 valence electrons. The third-order valence-electron chi connectivity index (χ3n) is 2.55. The van der Waals surface area contributed by atoms with Crippen LogP contribution in [0.15, 0.2) is 21.5 Å². The molecule has 2 N–H and O–H groups in total. The molecule has 7 heteroatoms. The van der Waals surface area contributed by atoms with Gasteiger partial charge in [0.1, 0.15) is 0 Å². The van der Waals surface area contributed by atoms with Gasteiger partial charge in [-0.05, 0) is 47.0 Å². The first-order chi connectivity index (χ1) is 9.29. The Morgan fingerprint density at radius 3 is 2.70 bits per heavy atom. The Morgan fingerprint density at radius 2 is 2.15 bits per heavy atom. The van der Waals surface area contributed by atoms with E-state index in [0.717, 1.165) is 6.07 Å². The first kappa shape index (κ1) is 16.7. The molecule has 1 aromatic carbocycles. The fraction of sp³-hybridized carbons (Fsp3) is 0.308. The normalized spacial score (nSPS) is 11.1. The average molecular weight is 360 g/mol. The van der Waals surface area contributed by atoms with E-state index in [1.807, 2.05) is 0 Å². The van der Waals surface area contributed by atoms with Crippen molar-refractivity contribution >= 4 is 31.9 Å². The number of carbonyl (C=O) groups is 1. The van der Waals surface area contributed by atoms with Crippen molar-refractivity contribution < 1.29 is 18.3 Å². The predicted octanol–water partition coefficient (Wildman–Crippen LogP) is 2.15. The molecule has 0 aromatic heterocycles. The molecule has 1 rings (SSSR count). The number of unbranched alkanes of at least 4 members (excludes halogenated alkanes) is 1. The maximum Gasteiger partial charge on any atom is 0.335 e. The van der Waals surface area contributed by atoms with Gasteiger partial charge in [-0.1, -0.05) is 0 Å². The van der Waals surface area contributed by atoms with Crippen LogP contribution >= 0.6 is 15.9 Å². The number of hydrogen-bond donors (Lipinski definition) is 2. The molecule has 0 fully saturated rings. The highest BCUT2D eigenvalue weighted by molar-refractivity contribution is 9.10. The van der Waals surface area contributed by atoms with Crippen molar-refractivity contribution in [3.05, 3.63) is 27.7 Å². The largest absolute Gasteiger partial charge is 0.478 e. The van der Waals surface area contributed by atoms with Crippen LogP contribution in [0, 0.1) is 19.3 Å². The molecule has 0 spiro atoms. The number of nitrogens with one attached hydrogen (secondary N) is 1. The zero-order valence-electron chi connectivity index (χ0n) is 10.8. The Hall–Kier alpha value is -1.36. The predicted molar refractivity (Wildman–Crippen MR) is 79.1 cm³/mol.